The van der Waals surface area contributed by atoms with Crippen LogP contribution in [0.5, 0.6) is 0 Å². The smallest absolute Gasteiger partial charge is 0.273 e. The van der Waals surface area contributed by atoms with Crippen LogP contribution >= 0.6 is 0 Å². The Morgan fingerprint density at radius 1 is 1.65 bits per heavy atom. The van der Waals surface area contributed by atoms with Gasteiger partial charge in [0.05, 0.1) is 6.10 Å². The van der Waals surface area contributed by atoms with Gasteiger partial charge in [0.25, 0.3) is 5.91 Å². The van der Waals surface area contributed by atoms with Crippen molar-refractivity contribution in [3.05, 3.63) is 17.5 Å². The van der Waals surface area contributed by atoms with Crippen LogP contribution in [0.25, 0.3) is 0 Å². The molecule has 1 aliphatic carbocycles. The van der Waals surface area contributed by atoms with Crippen molar-refractivity contribution < 1.29 is 19.5 Å². The van der Waals surface area contributed by atoms with E-state index in [1.807, 2.05) is 0 Å². The Morgan fingerprint density at radius 2 is 2.41 bits per heavy atom. The second-order valence-electron chi connectivity index (χ2n) is 4.47. The van der Waals surface area contributed by atoms with Crippen molar-refractivity contribution in [3.63, 3.8) is 0 Å². The first-order valence-corrected chi connectivity index (χ1v) is 5.63. The fourth-order valence-electron chi connectivity index (χ4n) is 2.15. The molecule has 0 bridgehead atoms. The number of aliphatic hydroxyl groups is 2. The summed E-state index contributed by atoms with van der Waals surface area (Å²) in [6.45, 7) is 1.65. The van der Waals surface area contributed by atoms with Crippen molar-refractivity contribution in [1.29, 1.82) is 0 Å². The maximum absolute atomic E-state index is 11.7. The van der Waals surface area contributed by atoms with E-state index in [0.717, 1.165) is 0 Å². The minimum atomic E-state index is -0.552. The molecule has 1 aromatic heterocycles. The van der Waals surface area contributed by atoms with Gasteiger partial charge in [-0.3, -0.25) is 4.79 Å². The minimum absolute atomic E-state index is 0.0589. The van der Waals surface area contributed by atoms with E-state index in [0.29, 0.717) is 18.6 Å². The Labute approximate surface area is 98.6 Å². The van der Waals surface area contributed by atoms with Gasteiger partial charge in [-0.1, -0.05) is 5.16 Å². The SMILES string of the molecule is Cc1cc(C(=O)N[C@@H]2C[C@H](CO)[C@H](O)C2)no1. The van der Waals surface area contributed by atoms with Crippen LogP contribution in [0.1, 0.15) is 29.1 Å². The van der Waals surface area contributed by atoms with Crippen LogP contribution in [-0.4, -0.2) is 40.0 Å². The topological polar surface area (TPSA) is 95.6 Å². The molecule has 0 aromatic carbocycles. The van der Waals surface area contributed by atoms with Gasteiger partial charge in [0, 0.05) is 24.6 Å². The molecule has 17 heavy (non-hydrogen) atoms. The average Bonchev–Trinajstić information content (AvgIpc) is 2.85. The molecule has 3 N–H and O–H groups in total. The number of aliphatic hydroxyl groups excluding tert-OH is 2. The summed E-state index contributed by atoms with van der Waals surface area (Å²) in [5.74, 6) is 0.117. The molecular weight excluding hydrogens is 224 g/mol. The van der Waals surface area contributed by atoms with Gasteiger partial charge in [-0.15, -0.1) is 0 Å². The van der Waals surface area contributed by atoms with Crippen LogP contribution in [0.15, 0.2) is 10.6 Å². The quantitative estimate of drug-likeness (QED) is 0.682. The van der Waals surface area contributed by atoms with Crippen molar-refractivity contribution in [3.8, 4) is 0 Å². The monoisotopic (exact) mass is 240 g/mol. The van der Waals surface area contributed by atoms with Gasteiger partial charge in [0.15, 0.2) is 5.69 Å². The maximum atomic E-state index is 11.7. The minimum Gasteiger partial charge on any atom is -0.396 e. The summed E-state index contributed by atoms with van der Waals surface area (Å²) in [6.07, 6.45) is 0.498. The molecule has 1 fully saturated rings. The fourth-order valence-corrected chi connectivity index (χ4v) is 2.15. The van der Waals surface area contributed by atoms with Gasteiger partial charge in [0.1, 0.15) is 5.76 Å². The number of hydrogen-bond acceptors (Lipinski definition) is 5. The molecule has 1 saturated carbocycles. The molecule has 0 saturated heterocycles. The molecule has 1 aliphatic rings. The van der Waals surface area contributed by atoms with Crippen LogP contribution in [-0.2, 0) is 0 Å². The number of nitrogens with zero attached hydrogens (tertiary/aromatic N) is 1. The fraction of sp³-hybridized carbons (Fsp3) is 0.636. The third-order valence-electron chi connectivity index (χ3n) is 3.09. The van der Waals surface area contributed by atoms with Crippen molar-refractivity contribution in [2.45, 2.75) is 31.9 Å². The summed E-state index contributed by atoms with van der Waals surface area (Å²) in [7, 11) is 0. The summed E-state index contributed by atoms with van der Waals surface area (Å²) in [5.41, 5.74) is 0.240. The molecule has 6 heteroatoms. The Kier molecular flexibility index (Phi) is 3.44. The lowest BCUT2D eigenvalue weighted by Gasteiger charge is -2.10. The maximum Gasteiger partial charge on any atom is 0.273 e. The van der Waals surface area contributed by atoms with Crippen LogP contribution in [0.3, 0.4) is 0 Å². The second-order valence-corrected chi connectivity index (χ2v) is 4.47. The first-order chi connectivity index (χ1) is 8.10. The Balaban J connectivity index is 1.92. The number of amides is 1. The van der Waals surface area contributed by atoms with E-state index in [-0.39, 0.29) is 30.2 Å². The predicted molar refractivity (Wildman–Crippen MR) is 58.3 cm³/mol. The number of aromatic nitrogens is 1. The molecule has 0 aliphatic heterocycles. The first-order valence-electron chi connectivity index (χ1n) is 5.63. The standard InChI is InChI=1S/C11H16N2O4/c1-6-2-9(13-17-6)11(16)12-8-3-7(5-14)10(15)4-8/h2,7-8,10,14-15H,3-5H2,1H3,(H,12,16)/t7-,8-,10-/m1/s1. The van der Waals surface area contributed by atoms with Crippen LogP contribution < -0.4 is 5.32 Å². The van der Waals surface area contributed by atoms with E-state index in [1.54, 1.807) is 13.0 Å². The van der Waals surface area contributed by atoms with E-state index in [1.165, 1.54) is 0 Å². The molecule has 0 radical (unpaired) electrons. The zero-order valence-corrected chi connectivity index (χ0v) is 9.59. The van der Waals surface area contributed by atoms with Crippen LogP contribution in [0, 0.1) is 12.8 Å². The van der Waals surface area contributed by atoms with E-state index in [2.05, 4.69) is 10.5 Å². The van der Waals surface area contributed by atoms with Gasteiger partial charge in [-0.25, -0.2) is 0 Å². The van der Waals surface area contributed by atoms with Crippen molar-refractivity contribution >= 4 is 5.91 Å². The summed E-state index contributed by atoms with van der Waals surface area (Å²) < 4.78 is 4.81. The normalized spacial score (nSPS) is 28.3. The number of aryl methyl sites for hydroxylation is 1. The molecule has 1 aromatic rings. The lowest BCUT2D eigenvalue weighted by Crippen LogP contribution is -2.33. The van der Waals surface area contributed by atoms with Gasteiger partial charge in [-0.2, -0.15) is 0 Å². The third-order valence-corrected chi connectivity index (χ3v) is 3.09. The van der Waals surface area contributed by atoms with E-state index >= 15 is 0 Å². The van der Waals surface area contributed by atoms with Crippen LogP contribution in [0.4, 0.5) is 0 Å². The van der Waals surface area contributed by atoms with Gasteiger partial charge in [-0.05, 0) is 19.8 Å². The molecular formula is C11H16N2O4. The lowest BCUT2D eigenvalue weighted by molar-refractivity contribution is 0.0902. The number of nitrogens with one attached hydrogen (secondary N) is 1. The number of rotatable bonds is 3. The Bertz CT molecular complexity index is 404. The highest BCUT2D eigenvalue weighted by Crippen LogP contribution is 2.25. The number of carbonyl (C=O) groups excluding carboxylic acids is 1. The number of carbonyl (C=O) groups is 1. The molecule has 0 spiro atoms. The molecule has 2 rings (SSSR count). The van der Waals surface area contributed by atoms with Gasteiger partial charge < -0.3 is 20.1 Å². The molecule has 3 atom stereocenters. The first kappa shape index (κ1) is 12.1. The summed E-state index contributed by atoms with van der Waals surface area (Å²) in [4.78, 5) is 11.7. The van der Waals surface area contributed by atoms with Gasteiger partial charge in [0.2, 0.25) is 0 Å². The second kappa shape index (κ2) is 4.85. The molecule has 1 amide bonds. The van der Waals surface area contributed by atoms with Crippen LogP contribution in [0.2, 0.25) is 0 Å². The van der Waals surface area contributed by atoms with Crippen molar-refractivity contribution in [2.24, 2.45) is 5.92 Å². The Hall–Kier alpha value is -1.40. The molecule has 1 heterocycles. The largest absolute Gasteiger partial charge is 0.396 e. The molecule has 0 unspecified atom stereocenters. The summed E-state index contributed by atoms with van der Waals surface area (Å²) >= 11 is 0. The Morgan fingerprint density at radius 3 is 2.94 bits per heavy atom. The van der Waals surface area contributed by atoms with E-state index < -0.39 is 6.10 Å². The van der Waals surface area contributed by atoms with E-state index in [4.69, 9.17) is 9.63 Å². The third kappa shape index (κ3) is 2.65. The summed E-state index contributed by atoms with van der Waals surface area (Å²) in [6, 6.07) is 1.44. The molecule has 6 nitrogen and oxygen atoms in total. The lowest BCUT2D eigenvalue weighted by atomic mass is 10.1. The summed E-state index contributed by atoms with van der Waals surface area (Å²) in [5, 5.41) is 25.0. The highest BCUT2D eigenvalue weighted by molar-refractivity contribution is 5.92. The highest BCUT2D eigenvalue weighted by Gasteiger charge is 2.33. The van der Waals surface area contributed by atoms with E-state index in [9.17, 15) is 9.90 Å². The average molecular weight is 240 g/mol. The number of hydrogen-bond donors (Lipinski definition) is 3. The predicted octanol–water partition coefficient (Wildman–Crippen LogP) is -0.155. The zero-order chi connectivity index (χ0) is 12.4. The molecule has 94 valence electrons. The highest BCUT2D eigenvalue weighted by atomic mass is 16.5. The van der Waals surface area contributed by atoms with Gasteiger partial charge >= 0.3 is 0 Å². The van der Waals surface area contributed by atoms with Crippen molar-refractivity contribution in [1.82, 2.24) is 10.5 Å². The van der Waals surface area contributed by atoms with Crippen molar-refractivity contribution in [2.75, 3.05) is 6.61 Å². The zero-order valence-electron chi connectivity index (χ0n) is 9.59.